The van der Waals surface area contributed by atoms with Gasteiger partial charge in [0.25, 0.3) is 0 Å². The van der Waals surface area contributed by atoms with E-state index in [1.807, 2.05) is 25.1 Å². The molecule has 1 aromatic rings. The molecule has 0 aliphatic rings. The zero-order chi connectivity index (χ0) is 16.4. The fraction of sp³-hybridized carbons (Fsp3) is 0.400. The van der Waals surface area contributed by atoms with E-state index in [1.54, 1.807) is 12.1 Å². The molecule has 0 fully saturated rings. The van der Waals surface area contributed by atoms with Crippen LogP contribution in [0, 0.1) is 0 Å². The largest absolute Gasteiger partial charge is 0.481 e. The molecule has 0 aliphatic carbocycles. The van der Waals surface area contributed by atoms with Crippen molar-refractivity contribution in [2.45, 2.75) is 32.4 Å². The van der Waals surface area contributed by atoms with Gasteiger partial charge in [-0.3, -0.25) is 9.59 Å². The van der Waals surface area contributed by atoms with Gasteiger partial charge in [-0.15, -0.1) is 0 Å². The highest BCUT2D eigenvalue weighted by atomic mass is 16.5. The lowest BCUT2D eigenvalue weighted by molar-refractivity contribution is -0.139. The molecule has 1 rings (SSSR count). The van der Waals surface area contributed by atoms with Gasteiger partial charge in [-0.1, -0.05) is 37.3 Å². The molecular weight excluding hydrogens is 288 g/mol. The third-order valence-corrected chi connectivity index (χ3v) is 2.75. The molecule has 3 N–H and O–H groups in total. The van der Waals surface area contributed by atoms with Crippen molar-refractivity contribution >= 4 is 18.0 Å². The number of ether oxygens (including phenoxy) is 1. The number of amides is 2. The summed E-state index contributed by atoms with van der Waals surface area (Å²) < 4.78 is 4.97. The lowest BCUT2D eigenvalue weighted by atomic mass is 10.2. The van der Waals surface area contributed by atoms with Crippen molar-refractivity contribution in [1.29, 1.82) is 0 Å². The number of nitrogens with one attached hydrogen (secondary N) is 2. The Morgan fingerprint density at radius 3 is 2.50 bits per heavy atom. The summed E-state index contributed by atoms with van der Waals surface area (Å²) in [7, 11) is 0. The van der Waals surface area contributed by atoms with E-state index in [1.165, 1.54) is 0 Å². The van der Waals surface area contributed by atoms with E-state index in [2.05, 4.69) is 10.6 Å². The normalized spacial score (nSPS) is 11.3. The second kappa shape index (κ2) is 9.38. The molecule has 0 unspecified atom stereocenters. The third kappa shape index (κ3) is 6.74. The summed E-state index contributed by atoms with van der Waals surface area (Å²) in [5, 5.41) is 13.6. The first kappa shape index (κ1) is 17.5. The summed E-state index contributed by atoms with van der Waals surface area (Å²) in [4.78, 5) is 34.3. The van der Waals surface area contributed by atoms with Crippen molar-refractivity contribution in [2.75, 3.05) is 6.54 Å². The Kier molecular flexibility index (Phi) is 7.45. The Bertz CT molecular complexity index is 504. The van der Waals surface area contributed by atoms with E-state index in [9.17, 15) is 14.4 Å². The number of aliphatic carboxylic acids is 1. The minimum Gasteiger partial charge on any atom is -0.481 e. The molecule has 2 amide bonds. The first-order valence-electron chi connectivity index (χ1n) is 6.99. The van der Waals surface area contributed by atoms with Gasteiger partial charge in [-0.25, -0.2) is 4.79 Å². The van der Waals surface area contributed by atoms with E-state index in [0.717, 1.165) is 5.56 Å². The maximum atomic E-state index is 11.8. The van der Waals surface area contributed by atoms with Crippen LogP contribution in [0.3, 0.4) is 0 Å². The van der Waals surface area contributed by atoms with E-state index >= 15 is 0 Å². The van der Waals surface area contributed by atoms with Gasteiger partial charge in [0.2, 0.25) is 5.91 Å². The Hall–Kier alpha value is -2.57. The summed E-state index contributed by atoms with van der Waals surface area (Å²) in [6.07, 6.45) is -0.623. The fourth-order valence-electron chi connectivity index (χ4n) is 1.66. The molecule has 22 heavy (non-hydrogen) atoms. The predicted molar refractivity (Wildman–Crippen MR) is 79.1 cm³/mol. The Morgan fingerprint density at radius 2 is 1.91 bits per heavy atom. The fourth-order valence-corrected chi connectivity index (χ4v) is 1.66. The van der Waals surface area contributed by atoms with Crippen LogP contribution in [0.4, 0.5) is 4.79 Å². The third-order valence-electron chi connectivity index (χ3n) is 2.75. The molecular formula is C15H20N2O5. The number of alkyl carbamates (subject to hydrolysis) is 1. The molecule has 0 aliphatic heterocycles. The van der Waals surface area contributed by atoms with Crippen LogP contribution in [0.1, 0.15) is 25.3 Å². The van der Waals surface area contributed by atoms with Crippen LogP contribution in [-0.4, -0.2) is 35.7 Å². The molecule has 120 valence electrons. The van der Waals surface area contributed by atoms with Gasteiger partial charge in [0.05, 0.1) is 6.42 Å². The number of hydrogen-bond donors (Lipinski definition) is 3. The molecule has 0 aromatic heterocycles. The van der Waals surface area contributed by atoms with Gasteiger partial charge in [-0.05, 0) is 12.0 Å². The number of benzene rings is 1. The van der Waals surface area contributed by atoms with Crippen LogP contribution in [-0.2, 0) is 20.9 Å². The highest BCUT2D eigenvalue weighted by molar-refractivity contribution is 5.89. The Labute approximate surface area is 128 Å². The highest BCUT2D eigenvalue weighted by Crippen LogP contribution is 2.01. The standard InChI is InChI=1S/C15H20N2O5/c1-2-8-16-14(20)12(9-13(18)19)17-15(21)22-10-11-6-4-3-5-7-11/h3-7,12H,2,8-10H2,1H3,(H,16,20)(H,17,21)(H,18,19)/t12-/m0/s1. The van der Waals surface area contributed by atoms with Crippen LogP contribution in [0.25, 0.3) is 0 Å². The van der Waals surface area contributed by atoms with Crippen LogP contribution >= 0.6 is 0 Å². The smallest absolute Gasteiger partial charge is 0.408 e. The van der Waals surface area contributed by atoms with E-state index in [4.69, 9.17) is 9.84 Å². The average molecular weight is 308 g/mol. The Balaban J connectivity index is 2.51. The number of rotatable bonds is 8. The van der Waals surface area contributed by atoms with Gasteiger partial charge in [-0.2, -0.15) is 0 Å². The van der Waals surface area contributed by atoms with Gasteiger partial charge in [0, 0.05) is 6.54 Å². The summed E-state index contributed by atoms with van der Waals surface area (Å²) in [5.41, 5.74) is 0.794. The SMILES string of the molecule is CCCNC(=O)[C@H](CC(=O)O)NC(=O)OCc1ccccc1. The van der Waals surface area contributed by atoms with Gasteiger partial charge >= 0.3 is 12.1 Å². The number of hydrogen-bond acceptors (Lipinski definition) is 4. The minimum atomic E-state index is -1.18. The van der Waals surface area contributed by atoms with Crippen LogP contribution in [0.5, 0.6) is 0 Å². The quantitative estimate of drug-likeness (QED) is 0.671. The van der Waals surface area contributed by atoms with Crippen molar-refractivity contribution in [2.24, 2.45) is 0 Å². The average Bonchev–Trinajstić information content (AvgIpc) is 2.50. The first-order valence-corrected chi connectivity index (χ1v) is 6.99. The number of carboxylic acid groups (broad SMARTS) is 1. The second-order valence-electron chi connectivity index (χ2n) is 4.65. The van der Waals surface area contributed by atoms with Crippen molar-refractivity contribution in [3.8, 4) is 0 Å². The van der Waals surface area contributed by atoms with Crippen LogP contribution in [0.15, 0.2) is 30.3 Å². The molecule has 0 radical (unpaired) electrons. The summed E-state index contributed by atoms with van der Waals surface area (Å²) >= 11 is 0. The highest BCUT2D eigenvalue weighted by Gasteiger charge is 2.23. The van der Waals surface area contributed by atoms with Crippen molar-refractivity contribution in [3.63, 3.8) is 0 Å². The lowest BCUT2D eigenvalue weighted by Crippen LogP contribution is -2.48. The second-order valence-corrected chi connectivity index (χ2v) is 4.65. The number of carboxylic acids is 1. The molecule has 7 heteroatoms. The summed E-state index contributed by atoms with van der Waals surface area (Å²) in [6, 6.07) is 7.87. The topological polar surface area (TPSA) is 105 Å². The molecule has 0 spiro atoms. The first-order chi connectivity index (χ1) is 10.5. The van der Waals surface area contributed by atoms with E-state index < -0.39 is 30.4 Å². The van der Waals surface area contributed by atoms with Crippen LogP contribution in [0.2, 0.25) is 0 Å². The van der Waals surface area contributed by atoms with Gasteiger partial charge < -0.3 is 20.5 Å². The van der Waals surface area contributed by atoms with Crippen LogP contribution < -0.4 is 10.6 Å². The summed E-state index contributed by atoms with van der Waals surface area (Å²) in [5.74, 6) is -1.72. The van der Waals surface area contributed by atoms with Gasteiger partial charge in [0.1, 0.15) is 12.6 Å². The van der Waals surface area contributed by atoms with E-state index in [-0.39, 0.29) is 6.61 Å². The molecule has 0 saturated heterocycles. The van der Waals surface area contributed by atoms with Crippen molar-refractivity contribution in [1.82, 2.24) is 10.6 Å². The summed E-state index contributed by atoms with van der Waals surface area (Å²) in [6.45, 7) is 2.33. The zero-order valence-electron chi connectivity index (χ0n) is 12.4. The predicted octanol–water partition coefficient (Wildman–Crippen LogP) is 1.28. The monoisotopic (exact) mass is 308 g/mol. The molecule has 1 aromatic carbocycles. The molecule has 1 atom stereocenters. The molecule has 0 saturated carbocycles. The molecule has 7 nitrogen and oxygen atoms in total. The minimum absolute atomic E-state index is 0.0447. The number of carbonyl (C=O) groups excluding carboxylic acids is 2. The Morgan fingerprint density at radius 1 is 1.23 bits per heavy atom. The van der Waals surface area contributed by atoms with Crippen molar-refractivity contribution in [3.05, 3.63) is 35.9 Å². The maximum Gasteiger partial charge on any atom is 0.408 e. The van der Waals surface area contributed by atoms with Gasteiger partial charge in [0.15, 0.2) is 0 Å². The molecule has 0 heterocycles. The lowest BCUT2D eigenvalue weighted by Gasteiger charge is -2.16. The van der Waals surface area contributed by atoms with E-state index in [0.29, 0.717) is 13.0 Å². The number of carbonyl (C=O) groups is 3. The van der Waals surface area contributed by atoms with Crippen molar-refractivity contribution < 1.29 is 24.2 Å². The molecule has 0 bridgehead atoms. The maximum absolute atomic E-state index is 11.8. The zero-order valence-corrected chi connectivity index (χ0v) is 12.4.